The van der Waals surface area contributed by atoms with E-state index in [1.165, 1.54) is 0 Å². The Morgan fingerprint density at radius 1 is 1.31 bits per heavy atom. The van der Waals surface area contributed by atoms with Gasteiger partial charge in [-0.25, -0.2) is 0 Å². The maximum Gasteiger partial charge on any atom is 0.224 e. The van der Waals surface area contributed by atoms with Crippen LogP contribution >= 0.6 is 0 Å². The Morgan fingerprint density at radius 3 is 2.69 bits per heavy atom. The third-order valence-electron chi connectivity index (χ3n) is 2.45. The van der Waals surface area contributed by atoms with Gasteiger partial charge in [-0.05, 0) is 19.9 Å². The zero-order valence-electron chi connectivity index (χ0n) is 9.80. The highest BCUT2D eigenvalue weighted by atomic mass is 15.4. The number of hydrogen-bond donors (Lipinski definition) is 1. The lowest BCUT2D eigenvalue weighted by Crippen LogP contribution is -2.08. The summed E-state index contributed by atoms with van der Waals surface area (Å²) in [4.78, 5) is 0. The van der Waals surface area contributed by atoms with Crippen LogP contribution in [0.2, 0.25) is 0 Å². The Kier molecular flexibility index (Phi) is 2.89. The molecule has 2 aromatic rings. The first kappa shape index (κ1) is 10.7. The maximum absolute atomic E-state index is 4.20. The van der Waals surface area contributed by atoms with Crippen LogP contribution in [0, 0.1) is 0 Å². The number of aromatic nitrogens is 5. The van der Waals surface area contributed by atoms with Gasteiger partial charge in [-0.15, -0.1) is 10.2 Å². The second kappa shape index (κ2) is 4.34. The average Bonchev–Trinajstić information content (AvgIpc) is 2.84. The van der Waals surface area contributed by atoms with E-state index >= 15 is 0 Å². The fourth-order valence-electron chi connectivity index (χ4n) is 1.67. The Balaban J connectivity index is 2.46. The monoisotopic (exact) mass is 220 g/mol. The first-order chi connectivity index (χ1) is 7.77. The quantitative estimate of drug-likeness (QED) is 0.839. The fraction of sp³-hybridized carbons (Fsp3) is 0.500. The summed E-state index contributed by atoms with van der Waals surface area (Å²) in [5.41, 5.74) is 0.971. The molecule has 0 spiro atoms. The van der Waals surface area contributed by atoms with Crippen molar-refractivity contribution in [3.63, 3.8) is 0 Å². The molecule has 0 fully saturated rings. The van der Waals surface area contributed by atoms with E-state index in [0.29, 0.717) is 0 Å². The lowest BCUT2D eigenvalue weighted by atomic mass is 10.4. The molecule has 2 rings (SSSR count). The molecule has 0 bridgehead atoms. The summed E-state index contributed by atoms with van der Waals surface area (Å²) in [6.45, 7) is 5.78. The van der Waals surface area contributed by atoms with Gasteiger partial charge < -0.3 is 5.32 Å². The summed E-state index contributed by atoms with van der Waals surface area (Å²) in [7, 11) is 1.90. The molecule has 0 aliphatic rings. The van der Waals surface area contributed by atoms with Crippen molar-refractivity contribution in [1.82, 2.24) is 24.5 Å². The van der Waals surface area contributed by atoms with Crippen molar-refractivity contribution in [3.8, 4) is 11.5 Å². The molecule has 16 heavy (non-hydrogen) atoms. The number of rotatable bonds is 4. The zero-order chi connectivity index (χ0) is 11.5. The van der Waals surface area contributed by atoms with E-state index in [0.717, 1.165) is 30.6 Å². The third-order valence-corrected chi connectivity index (χ3v) is 2.45. The van der Waals surface area contributed by atoms with Crippen LogP contribution in [-0.4, -0.2) is 31.1 Å². The molecule has 0 aromatic carbocycles. The predicted molar refractivity (Wildman–Crippen MR) is 62.1 cm³/mol. The third kappa shape index (κ3) is 1.66. The van der Waals surface area contributed by atoms with E-state index in [-0.39, 0.29) is 0 Å². The second-order valence-electron chi connectivity index (χ2n) is 3.46. The van der Waals surface area contributed by atoms with Crippen molar-refractivity contribution in [3.05, 3.63) is 12.3 Å². The van der Waals surface area contributed by atoms with Crippen molar-refractivity contribution >= 4 is 5.95 Å². The second-order valence-corrected chi connectivity index (χ2v) is 3.46. The molecule has 2 heterocycles. The molecular formula is C10H16N6. The molecule has 1 N–H and O–H groups in total. The van der Waals surface area contributed by atoms with Crippen LogP contribution in [0.4, 0.5) is 5.95 Å². The molecule has 0 unspecified atom stereocenters. The van der Waals surface area contributed by atoms with Gasteiger partial charge in [-0.2, -0.15) is 5.10 Å². The van der Waals surface area contributed by atoms with E-state index in [1.807, 2.05) is 24.6 Å². The molecule has 0 saturated heterocycles. The van der Waals surface area contributed by atoms with Crippen LogP contribution in [0.1, 0.15) is 13.8 Å². The Morgan fingerprint density at radius 2 is 2.12 bits per heavy atom. The predicted octanol–water partition coefficient (Wildman–Crippen LogP) is 1.13. The van der Waals surface area contributed by atoms with Crippen molar-refractivity contribution in [2.45, 2.75) is 20.4 Å². The minimum Gasteiger partial charge on any atom is -0.355 e. The molecule has 6 heteroatoms. The highest BCUT2D eigenvalue weighted by molar-refractivity contribution is 5.52. The summed E-state index contributed by atoms with van der Waals surface area (Å²) >= 11 is 0. The minimum atomic E-state index is 0.807. The van der Waals surface area contributed by atoms with Crippen LogP contribution in [0.15, 0.2) is 12.3 Å². The van der Waals surface area contributed by atoms with Gasteiger partial charge in [0.1, 0.15) is 5.69 Å². The summed E-state index contributed by atoms with van der Waals surface area (Å²) in [6.07, 6.45) is 1.76. The normalized spacial score (nSPS) is 10.7. The molecule has 0 atom stereocenters. The number of anilines is 1. The maximum atomic E-state index is 4.20. The summed E-state index contributed by atoms with van der Waals surface area (Å²) in [5, 5.41) is 15.7. The highest BCUT2D eigenvalue weighted by Crippen LogP contribution is 2.19. The first-order valence-electron chi connectivity index (χ1n) is 5.43. The zero-order valence-corrected chi connectivity index (χ0v) is 9.80. The van der Waals surface area contributed by atoms with E-state index in [2.05, 4.69) is 27.5 Å². The number of hydrogen-bond acceptors (Lipinski definition) is 4. The number of nitrogens with zero attached hydrogens (tertiary/aromatic N) is 5. The van der Waals surface area contributed by atoms with E-state index < -0.39 is 0 Å². The molecule has 0 amide bonds. The van der Waals surface area contributed by atoms with Gasteiger partial charge in [0, 0.05) is 26.3 Å². The number of aryl methyl sites for hydroxylation is 1. The van der Waals surface area contributed by atoms with Crippen LogP contribution in [-0.2, 0) is 13.6 Å². The molecule has 0 radical (unpaired) electrons. The van der Waals surface area contributed by atoms with E-state index in [4.69, 9.17) is 0 Å². The molecule has 6 nitrogen and oxygen atoms in total. The van der Waals surface area contributed by atoms with Gasteiger partial charge in [0.05, 0.1) is 0 Å². The van der Waals surface area contributed by atoms with E-state index in [1.54, 1.807) is 10.9 Å². The largest absolute Gasteiger partial charge is 0.355 e. The van der Waals surface area contributed by atoms with Crippen LogP contribution in [0.25, 0.3) is 11.5 Å². The molecule has 0 saturated carbocycles. The van der Waals surface area contributed by atoms with Crippen LogP contribution < -0.4 is 5.32 Å². The summed E-state index contributed by atoms with van der Waals surface area (Å²) in [6, 6.07) is 1.94. The topological polar surface area (TPSA) is 60.6 Å². The van der Waals surface area contributed by atoms with Crippen LogP contribution in [0.3, 0.4) is 0 Å². The van der Waals surface area contributed by atoms with Gasteiger partial charge in [-0.1, -0.05) is 0 Å². The van der Waals surface area contributed by atoms with E-state index in [9.17, 15) is 0 Å². The lowest BCUT2D eigenvalue weighted by Gasteiger charge is -2.07. The molecule has 0 aliphatic heterocycles. The van der Waals surface area contributed by atoms with Crippen molar-refractivity contribution in [1.29, 1.82) is 0 Å². The average molecular weight is 220 g/mol. The smallest absolute Gasteiger partial charge is 0.224 e. The molecular weight excluding hydrogens is 204 g/mol. The SMILES string of the molecule is CCNc1nnc(-c2ccnn2C)n1CC. The lowest BCUT2D eigenvalue weighted by molar-refractivity contribution is 0.734. The van der Waals surface area contributed by atoms with Crippen molar-refractivity contribution in [2.75, 3.05) is 11.9 Å². The van der Waals surface area contributed by atoms with Gasteiger partial charge in [-0.3, -0.25) is 9.25 Å². The van der Waals surface area contributed by atoms with Gasteiger partial charge >= 0.3 is 0 Å². The Labute approximate surface area is 94.3 Å². The fourth-order valence-corrected chi connectivity index (χ4v) is 1.67. The minimum absolute atomic E-state index is 0.807. The summed E-state index contributed by atoms with van der Waals surface area (Å²) in [5.74, 6) is 1.65. The van der Waals surface area contributed by atoms with Crippen molar-refractivity contribution in [2.24, 2.45) is 7.05 Å². The summed E-state index contributed by atoms with van der Waals surface area (Å²) < 4.78 is 3.84. The highest BCUT2D eigenvalue weighted by Gasteiger charge is 2.14. The molecule has 0 aliphatic carbocycles. The first-order valence-corrected chi connectivity index (χ1v) is 5.43. The molecule has 86 valence electrons. The van der Waals surface area contributed by atoms with Gasteiger partial charge in [0.25, 0.3) is 0 Å². The number of nitrogens with one attached hydrogen (secondary N) is 1. The Hall–Kier alpha value is -1.85. The standard InChI is InChI=1S/C10H16N6/c1-4-11-10-14-13-9(16(10)5-2)8-6-7-12-15(8)3/h6-7H,4-5H2,1-3H3,(H,11,14). The Bertz CT molecular complexity index is 469. The molecule has 2 aromatic heterocycles. The van der Waals surface area contributed by atoms with Crippen LogP contribution in [0.5, 0.6) is 0 Å². The van der Waals surface area contributed by atoms with Gasteiger partial charge in [0.15, 0.2) is 5.82 Å². The van der Waals surface area contributed by atoms with Gasteiger partial charge in [0.2, 0.25) is 5.95 Å². The van der Waals surface area contributed by atoms with Crippen molar-refractivity contribution < 1.29 is 0 Å².